The number of nitrogens with one attached hydrogen (secondary N) is 2. The van der Waals surface area contributed by atoms with Crippen LogP contribution >= 0.6 is 0 Å². The van der Waals surface area contributed by atoms with E-state index in [9.17, 15) is 19.2 Å². The van der Waals surface area contributed by atoms with E-state index < -0.39 is 24.0 Å². The third-order valence-electron chi connectivity index (χ3n) is 6.23. The average molecular weight is 449 g/mol. The van der Waals surface area contributed by atoms with E-state index in [1.165, 1.54) is 0 Å². The lowest BCUT2D eigenvalue weighted by Crippen LogP contribution is -2.62. The highest BCUT2D eigenvalue weighted by atomic mass is 16.2. The molecule has 2 saturated heterocycles. The van der Waals surface area contributed by atoms with E-state index in [-0.39, 0.29) is 24.7 Å². The van der Waals surface area contributed by atoms with Gasteiger partial charge in [-0.15, -0.1) is 0 Å². The number of imide groups is 1. The molecule has 33 heavy (non-hydrogen) atoms. The number of hydrogen-bond donors (Lipinski definition) is 2. The molecule has 2 fully saturated rings. The number of piperazine rings is 1. The van der Waals surface area contributed by atoms with E-state index in [1.54, 1.807) is 9.80 Å². The summed E-state index contributed by atoms with van der Waals surface area (Å²) in [6.45, 7) is 3.32. The Morgan fingerprint density at radius 3 is 2.52 bits per heavy atom. The molecule has 2 atom stereocenters. The van der Waals surface area contributed by atoms with Gasteiger partial charge in [-0.05, 0) is 30.0 Å². The maximum Gasteiger partial charge on any atom is 0.322 e. The second-order valence-electron chi connectivity index (χ2n) is 8.35. The lowest BCUT2D eigenvalue weighted by molar-refractivity contribution is -0.152. The Hall–Kier alpha value is -3.68. The Labute approximate surface area is 192 Å². The molecule has 5 amide bonds. The Balaban J connectivity index is 1.59. The average Bonchev–Trinajstić information content (AvgIpc) is 3.00. The largest absolute Gasteiger partial charge is 0.339 e. The fourth-order valence-corrected chi connectivity index (χ4v) is 4.46. The molecule has 0 aliphatic carbocycles. The predicted octanol–water partition coefficient (Wildman–Crippen LogP) is 1.94. The lowest BCUT2D eigenvalue weighted by atomic mass is 9.96. The number of carbonyl (C=O) groups excluding carboxylic acids is 4. The molecule has 8 heteroatoms. The minimum absolute atomic E-state index is 0.0712. The minimum Gasteiger partial charge on any atom is -0.339 e. The zero-order valence-electron chi connectivity index (χ0n) is 18.6. The van der Waals surface area contributed by atoms with Gasteiger partial charge in [0.2, 0.25) is 17.7 Å². The summed E-state index contributed by atoms with van der Waals surface area (Å²) in [7, 11) is 0. The van der Waals surface area contributed by atoms with Crippen LogP contribution in [0.4, 0.5) is 4.79 Å². The molecule has 0 aromatic heterocycles. The highest BCUT2D eigenvalue weighted by molar-refractivity contribution is 5.99. The molecule has 8 nitrogen and oxygen atoms in total. The lowest BCUT2D eigenvalue weighted by Gasteiger charge is -2.41. The molecule has 172 valence electrons. The second kappa shape index (κ2) is 9.85. The van der Waals surface area contributed by atoms with E-state index in [0.29, 0.717) is 26.1 Å². The fourth-order valence-electron chi connectivity index (χ4n) is 4.46. The number of urea groups is 1. The summed E-state index contributed by atoms with van der Waals surface area (Å²) in [5.74, 6) is -0.839. The first-order chi connectivity index (χ1) is 16.0. The van der Waals surface area contributed by atoms with Gasteiger partial charge in [0.05, 0.1) is 0 Å². The smallest absolute Gasteiger partial charge is 0.322 e. The summed E-state index contributed by atoms with van der Waals surface area (Å²) in [5.41, 5.74) is 3.07. The van der Waals surface area contributed by atoms with Crippen LogP contribution in [0.3, 0.4) is 0 Å². The zero-order valence-corrected chi connectivity index (χ0v) is 18.6. The number of likely N-dealkylation sites (N-methyl/N-ethyl adjacent to an activating group) is 1. The van der Waals surface area contributed by atoms with Crippen LogP contribution in [0.5, 0.6) is 0 Å². The fraction of sp³-hybridized carbons (Fsp3) is 0.360. The number of carbonyl (C=O) groups is 4. The van der Waals surface area contributed by atoms with Gasteiger partial charge < -0.3 is 15.1 Å². The summed E-state index contributed by atoms with van der Waals surface area (Å²) in [4.78, 5) is 53.6. The van der Waals surface area contributed by atoms with Crippen molar-refractivity contribution >= 4 is 23.8 Å². The Kier molecular flexibility index (Phi) is 6.72. The van der Waals surface area contributed by atoms with Crippen LogP contribution in [-0.4, -0.2) is 65.3 Å². The first kappa shape index (κ1) is 22.5. The molecule has 0 bridgehead atoms. The first-order valence-corrected chi connectivity index (χ1v) is 11.3. The third-order valence-corrected chi connectivity index (χ3v) is 6.23. The second-order valence-corrected chi connectivity index (χ2v) is 8.35. The van der Waals surface area contributed by atoms with Crippen LogP contribution in [0.15, 0.2) is 54.6 Å². The number of amides is 5. The van der Waals surface area contributed by atoms with Crippen LogP contribution in [0.25, 0.3) is 11.1 Å². The number of rotatable bonds is 5. The van der Waals surface area contributed by atoms with Crippen molar-refractivity contribution in [3.8, 4) is 11.1 Å². The van der Waals surface area contributed by atoms with E-state index in [2.05, 4.69) is 10.6 Å². The molecule has 0 saturated carbocycles. The summed E-state index contributed by atoms with van der Waals surface area (Å²) < 4.78 is 0. The number of hydrogen-bond acceptors (Lipinski definition) is 4. The monoisotopic (exact) mass is 448 g/mol. The molecule has 2 N–H and O–H groups in total. The van der Waals surface area contributed by atoms with Crippen molar-refractivity contribution in [2.45, 2.75) is 38.3 Å². The van der Waals surface area contributed by atoms with Gasteiger partial charge in [0.25, 0.3) is 0 Å². The maximum absolute atomic E-state index is 13.4. The van der Waals surface area contributed by atoms with Gasteiger partial charge in [-0.3, -0.25) is 19.7 Å². The van der Waals surface area contributed by atoms with Crippen molar-refractivity contribution in [1.82, 2.24) is 20.4 Å². The van der Waals surface area contributed by atoms with Gasteiger partial charge in [-0.1, -0.05) is 54.6 Å². The molecule has 2 aliphatic heterocycles. The highest BCUT2D eigenvalue weighted by Crippen LogP contribution is 2.23. The molecule has 2 aromatic rings. The summed E-state index contributed by atoms with van der Waals surface area (Å²) >= 11 is 0. The Morgan fingerprint density at radius 1 is 1.00 bits per heavy atom. The zero-order chi connectivity index (χ0) is 23.4. The molecule has 2 aliphatic rings. The van der Waals surface area contributed by atoms with Crippen LogP contribution in [-0.2, 0) is 20.8 Å². The summed E-state index contributed by atoms with van der Waals surface area (Å²) in [6.07, 6.45) is 0.649. The molecule has 2 unspecified atom stereocenters. The van der Waals surface area contributed by atoms with Crippen molar-refractivity contribution in [3.05, 3.63) is 60.2 Å². The van der Waals surface area contributed by atoms with E-state index in [4.69, 9.17) is 0 Å². The normalized spacial score (nSPS) is 21.3. The highest BCUT2D eigenvalue weighted by Gasteiger charge is 2.40. The molecule has 4 rings (SSSR count). The van der Waals surface area contributed by atoms with Crippen molar-refractivity contribution in [2.24, 2.45) is 0 Å². The van der Waals surface area contributed by atoms with Crippen molar-refractivity contribution in [3.63, 3.8) is 0 Å². The van der Waals surface area contributed by atoms with Gasteiger partial charge in [-0.25, -0.2) is 4.79 Å². The number of benzene rings is 2. The number of nitrogens with zero attached hydrogens (tertiary/aromatic N) is 2. The summed E-state index contributed by atoms with van der Waals surface area (Å²) in [6, 6.07) is 15.8. The standard InChI is InChI=1S/C25H28N4O4/c1-2-28-13-14-29(23(31)20-11-12-22(30)27-25(33)26-20)21(24(28)32)16-17-7-6-10-19(15-17)18-8-4-3-5-9-18/h3-10,15,20-21H,2,11-14,16H2,1H3,(H2,26,27,30,33). The molecular weight excluding hydrogens is 420 g/mol. The van der Waals surface area contributed by atoms with Crippen LogP contribution in [0, 0.1) is 0 Å². The van der Waals surface area contributed by atoms with Crippen molar-refractivity contribution in [1.29, 1.82) is 0 Å². The SMILES string of the molecule is CCN1CCN(C(=O)C2CCC(=O)NC(=O)N2)C(Cc2cccc(-c3ccccc3)c2)C1=O. The third kappa shape index (κ3) is 5.05. The predicted molar refractivity (Wildman–Crippen MR) is 123 cm³/mol. The molecule has 0 spiro atoms. The van der Waals surface area contributed by atoms with Gasteiger partial charge in [0.1, 0.15) is 12.1 Å². The van der Waals surface area contributed by atoms with E-state index in [0.717, 1.165) is 16.7 Å². The Morgan fingerprint density at radius 2 is 1.76 bits per heavy atom. The van der Waals surface area contributed by atoms with E-state index in [1.807, 2.05) is 61.5 Å². The topological polar surface area (TPSA) is 98.8 Å². The first-order valence-electron chi connectivity index (χ1n) is 11.3. The summed E-state index contributed by atoms with van der Waals surface area (Å²) in [5, 5.41) is 4.77. The van der Waals surface area contributed by atoms with Gasteiger partial charge in [0, 0.05) is 32.5 Å². The van der Waals surface area contributed by atoms with Crippen molar-refractivity contribution in [2.75, 3.05) is 19.6 Å². The molecular formula is C25H28N4O4. The van der Waals surface area contributed by atoms with Gasteiger partial charge in [0.15, 0.2) is 0 Å². The molecule has 0 radical (unpaired) electrons. The quantitative estimate of drug-likeness (QED) is 0.730. The van der Waals surface area contributed by atoms with Crippen LogP contribution < -0.4 is 10.6 Å². The Bertz CT molecular complexity index is 1060. The van der Waals surface area contributed by atoms with Crippen LogP contribution in [0.1, 0.15) is 25.3 Å². The van der Waals surface area contributed by atoms with E-state index >= 15 is 0 Å². The molecule has 2 aromatic carbocycles. The minimum atomic E-state index is -0.837. The van der Waals surface area contributed by atoms with Gasteiger partial charge in [-0.2, -0.15) is 0 Å². The van der Waals surface area contributed by atoms with Gasteiger partial charge >= 0.3 is 6.03 Å². The molecule has 2 heterocycles. The van der Waals surface area contributed by atoms with Crippen molar-refractivity contribution < 1.29 is 19.2 Å². The van der Waals surface area contributed by atoms with Crippen LogP contribution in [0.2, 0.25) is 0 Å². The maximum atomic E-state index is 13.4.